The van der Waals surface area contributed by atoms with Crippen molar-refractivity contribution in [3.63, 3.8) is 0 Å². The van der Waals surface area contributed by atoms with Crippen molar-refractivity contribution in [3.8, 4) is 28.6 Å². The zero-order valence-electron chi connectivity index (χ0n) is 16.8. The standard InChI is InChI=1S/C22H16ClF4N3O3/c23-15-10-28-21(29-11-15)32-19-6-4-13(8-17(19)24)16-9-14(22(25,26)27)5-7-18(16)33-30-20(31)12-2-1-3-12/h4-12H,1-3H2,(H,30,31). The highest BCUT2D eigenvalue weighted by Crippen LogP contribution is 2.38. The summed E-state index contributed by atoms with van der Waals surface area (Å²) in [4.78, 5) is 25.0. The molecule has 4 rings (SSSR count). The quantitative estimate of drug-likeness (QED) is 0.347. The second-order valence-electron chi connectivity index (χ2n) is 7.34. The molecular weight excluding hydrogens is 466 g/mol. The van der Waals surface area contributed by atoms with Crippen LogP contribution in [-0.2, 0) is 11.0 Å². The molecule has 1 N–H and O–H groups in total. The molecule has 1 amide bonds. The van der Waals surface area contributed by atoms with E-state index in [1.165, 1.54) is 24.5 Å². The van der Waals surface area contributed by atoms with E-state index in [4.69, 9.17) is 21.2 Å². The summed E-state index contributed by atoms with van der Waals surface area (Å²) in [5, 5.41) is 0.264. The van der Waals surface area contributed by atoms with Crippen molar-refractivity contribution in [2.45, 2.75) is 25.4 Å². The predicted octanol–water partition coefficient (Wildman–Crippen LogP) is 5.96. The van der Waals surface area contributed by atoms with E-state index in [1.807, 2.05) is 0 Å². The van der Waals surface area contributed by atoms with Crippen LogP contribution < -0.4 is 15.1 Å². The summed E-state index contributed by atoms with van der Waals surface area (Å²) in [6, 6.07) is 6.12. The van der Waals surface area contributed by atoms with E-state index in [-0.39, 0.29) is 45.5 Å². The van der Waals surface area contributed by atoms with Crippen LogP contribution in [0.1, 0.15) is 24.8 Å². The first-order chi connectivity index (χ1) is 15.7. The van der Waals surface area contributed by atoms with Gasteiger partial charge in [-0.25, -0.2) is 14.4 Å². The van der Waals surface area contributed by atoms with Crippen molar-refractivity contribution in [1.29, 1.82) is 0 Å². The van der Waals surface area contributed by atoms with Gasteiger partial charge >= 0.3 is 12.2 Å². The van der Waals surface area contributed by atoms with E-state index in [2.05, 4.69) is 15.4 Å². The SMILES string of the molecule is O=C(NOc1ccc(C(F)(F)F)cc1-c1ccc(Oc2ncc(Cl)cn2)c(F)c1)C1CCC1. The van der Waals surface area contributed by atoms with Gasteiger partial charge < -0.3 is 9.57 Å². The smallest absolute Gasteiger partial charge is 0.416 e. The molecule has 2 aromatic carbocycles. The molecule has 1 heterocycles. The molecule has 1 fully saturated rings. The minimum Gasteiger partial charge on any atom is -0.421 e. The van der Waals surface area contributed by atoms with Gasteiger partial charge in [-0.05, 0) is 48.7 Å². The third kappa shape index (κ3) is 5.33. The lowest BCUT2D eigenvalue weighted by Gasteiger charge is -2.24. The number of benzene rings is 2. The lowest BCUT2D eigenvalue weighted by atomic mass is 9.85. The highest BCUT2D eigenvalue weighted by Gasteiger charge is 2.32. The van der Waals surface area contributed by atoms with Crippen LogP contribution in [0.2, 0.25) is 5.02 Å². The number of hydrogen-bond donors (Lipinski definition) is 1. The highest BCUT2D eigenvalue weighted by atomic mass is 35.5. The number of alkyl halides is 3. The minimum absolute atomic E-state index is 0.0630. The third-order valence-corrected chi connectivity index (χ3v) is 5.28. The molecule has 6 nitrogen and oxygen atoms in total. The topological polar surface area (TPSA) is 73.3 Å². The summed E-state index contributed by atoms with van der Waals surface area (Å²) < 4.78 is 59.8. The summed E-state index contributed by atoms with van der Waals surface area (Å²) in [5.74, 6) is -1.72. The molecule has 0 aliphatic heterocycles. The van der Waals surface area contributed by atoms with Crippen LogP contribution in [-0.4, -0.2) is 15.9 Å². The molecule has 33 heavy (non-hydrogen) atoms. The second-order valence-corrected chi connectivity index (χ2v) is 7.77. The summed E-state index contributed by atoms with van der Waals surface area (Å²) >= 11 is 5.70. The van der Waals surface area contributed by atoms with E-state index in [0.29, 0.717) is 0 Å². The summed E-state index contributed by atoms with van der Waals surface area (Å²) in [7, 11) is 0. The van der Waals surface area contributed by atoms with Crippen LogP contribution in [0.15, 0.2) is 48.8 Å². The largest absolute Gasteiger partial charge is 0.421 e. The Balaban J connectivity index is 1.62. The summed E-state index contributed by atoms with van der Waals surface area (Å²) in [5.41, 5.74) is 1.33. The Morgan fingerprint density at radius 3 is 2.36 bits per heavy atom. The van der Waals surface area contributed by atoms with Gasteiger partial charge in [-0.15, -0.1) is 0 Å². The van der Waals surface area contributed by atoms with Gasteiger partial charge in [0.2, 0.25) is 0 Å². The first-order valence-corrected chi connectivity index (χ1v) is 10.2. The average Bonchev–Trinajstić information content (AvgIpc) is 2.73. The Morgan fingerprint density at radius 1 is 1.06 bits per heavy atom. The average molecular weight is 482 g/mol. The lowest BCUT2D eigenvalue weighted by Crippen LogP contribution is -2.36. The molecule has 11 heteroatoms. The first kappa shape index (κ1) is 22.8. The molecule has 0 spiro atoms. The number of carbonyl (C=O) groups excluding carboxylic acids is 1. The molecular formula is C22H16ClF4N3O3. The Morgan fingerprint density at radius 2 is 1.76 bits per heavy atom. The number of halogens is 5. The maximum absolute atomic E-state index is 14.7. The number of nitrogens with one attached hydrogen (secondary N) is 1. The van der Waals surface area contributed by atoms with Crippen molar-refractivity contribution >= 4 is 17.5 Å². The maximum Gasteiger partial charge on any atom is 0.416 e. The minimum atomic E-state index is -4.63. The molecule has 0 radical (unpaired) electrons. The second kappa shape index (κ2) is 9.22. The molecule has 1 aliphatic carbocycles. The summed E-state index contributed by atoms with van der Waals surface area (Å²) in [6.45, 7) is 0. The number of amides is 1. The van der Waals surface area contributed by atoms with Gasteiger partial charge in [0.25, 0.3) is 5.91 Å². The number of hydrogen-bond acceptors (Lipinski definition) is 5. The molecule has 172 valence electrons. The maximum atomic E-state index is 14.7. The van der Waals surface area contributed by atoms with E-state index < -0.39 is 17.6 Å². The van der Waals surface area contributed by atoms with Crippen LogP contribution in [0.25, 0.3) is 11.1 Å². The van der Waals surface area contributed by atoms with E-state index in [1.54, 1.807) is 0 Å². The van der Waals surface area contributed by atoms with Crippen LogP contribution in [0, 0.1) is 11.7 Å². The molecule has 0 unspecified atom stereocenters. The van der Waals surface area contributed by atoms with Gasteiger partial charge in [-0.2, -0.15) is 18.7 Å². The number of aromatic nitrogens is 2. The van der Waals surface area contributed by atoms with Gasteiger partial charge in [-0.3, -0.25) is 4.79 Å². The van der Waals surface area contributed by atoms with E-state index in [9.17, 15) is 22.4 Å². The van der Waals surface area contributed by atoms with Crippen molar-refractivity contribution in [2.24, 2.45) is 5.92 Å². The zero-order chi connectivity index (χ0) is 23.6. The zero-order valence-corrected chi connectivity index (χ0v) is 17.6. The number of nitrogens with zero attached hydrogens (tertiary/aromatic N) is 2. The van der Waals surface area contributed by atoms with Gasteiger partial charge in [-0.1, -0.05) is 24.1 Å². The van der Waals surface area contributed by atoms with Crippen LogP contribution >= 0.6 is 11.6 Å². The summed E-state index contributed by atoms with van der Waals surface area (Å²) in [6.07, 6.45) is 0.271. The van der Waals surface area contributed by atoms with Crippen molar-refractivity contribution in [3.05, 3.63) is 65.2 Å². The van der Waals surface area contributed by atoms with Crippen molar-refractivity contribution in [2.75, 3.05) is 0 Å². The van der Waals surface area contributed by atoms with Gasteiger partial charge in [0.1, 0.15) is 0 Å². The Bertz CT molecular complexity index is 1170. The fraction of sp³-hybridized carbons (Fsp3) is 0.227. The van der Waals surface area contributed by atoms with Gasteiger partial charge in [0.05, 0.1) is 23.0 Å². The van der Waals surface area contributed by atoms with Gasteiger partial charge in [0.15, 0.2) is 17.3 Å². The monoisotopic (exact) mass is 481 g/mol. The fourth-order valence-electron chi connectivity index (χ4n) is 3.08. The van der Waals surface area contributed by atoms with E-state index in [0.717, 1.165) is 43.5 Å². The Labute approximate surface area is 190 Å². The number of hydroxylamine groups is 1. The Hall–Kier alpha value is -3.40. The fourth-order valence-corrected chi connectivity index (χ4v) is 3.18. The molecule has 0 saturated heterocycles. The van der Waals surface area contributed by atoms with Crippen molar-refractivity contribution in [1.82, 2.24) is 15.4 Å². The molecule has 3 aromatic rings. The lowest BCUT2D eigenvalue weighted by molar-refractivity contribution is -0.138. The number of rotatable bonds is 6. The first-order valence-electron chi connectivity index (χ1n) is 9.84. The Kier molecular flexibility index (Phi) is 6.37. The molecule has 0 atom stereocenters. The molecule has 1 saturated carbocycles. The third-order valence-electron chi connectivity index (χ3n) is 5.09. The van der Waals surface area contributed by atoms with Crippen LogP contribution in [0.4, 0.5) is 17.6 Å². The normalized spacial score (nSPS) is 13.8. The van der Waals surface area contributed by atoms with E-state index >= 15 is 0 Å². The van der Waals surface area contributed by atoms with Crippen LogP contribution in [0.3, 0.4) is 0 Å². The van der Waals surface area contributed by atoms with Gasteiger partial charge in [0, 0.05) is 11.5 Å². The predicted molar refractivity (Wildman–Crippen MR) is 110 cm³/mol. The van der Waals surface area contributed by atoms with Crippen molar-refractivity contribution < 1.29 is 31.9 Å². The molecule has 0 bridgehead atoms. The number of carbonyl (C=O) groups is 1. The number of ether oxygens (including phenoxy) is 1. The molecule has 1 aliphatic rings. The van der Waals surface area contributed by atoms with Crippen LogP contribution in [0.5, 0.6) is 17.5 Å². The molecule has 1 aromatic heterocycles. The highest BCUT2D eigenvalue weighted by molar-refractivity contribution is 6.30.